The minimum atomic E-state index is -0.711. The highest BCUT2D eigenvalue weighted by atomic mass is 16.5. The van der Waals surface area contributed by atoms with Crippen molar-refractivity contribution >= 4 is 11.9 Å². The molecule has 0 amide bonds. The van der Waals surface area contributed by atoms with Gasteiger partial charge in [-0.25, -0.2) is 0 Å². The van der Waals surface area contributed by atoms with E-state index in [-0.39, 0.29) is 18.5 Å². The van der Waals surface area contributed by atoms with E-state index in [1.165, 1.54) is 135 Å². The fraction of sp³-hybridized carbons (Fsp3) is 0.897. The lowest BCUT2D eigenvalue weighted by molar-refractivity contribution is -0.150. The van der Waals surface area contributed by atoms with Gasteiger partial charge < -0.3 is 9.84 Å². The van der Waals surface area contributed by atoms with E-state index in [1.54, 1.807) is 0 Å². The van der Waals surface area contributed by atoms with Gasteiger partial charge in [0.1, 0.15) is 6.10 Å². The van der Waals surface area contributed by atoms with Crippen LogP contribution in [0.1, 0.15) is 219 Å². The summed E-state index contributed by atoms with van der Waals surface area (Å²) in [6.07, 6.45) is 42.5. The van der Waals surface area contributed by atoms with Crippen LogP contribution in [0.3, 0.4) is 0 Å². The number of esters is 1. The minimum Gasteiger partial charge on any atom is -0.481 e. The fourth-order valence-electron chi connectivity index (χ4n) is 5.89. The Morgan fingerprint density at radius 2 is 0.837 bits per heavy atom. The predicted molar refractivity (Wildman–Crippen MR) is 186 cm³/mol. The molecular weight excluding hydrogens is 532 g/mol. The number of carbonyl (C=O) groups is 2. The quantitative estimate of drug-likeness (QED) is 0.0443. The highest BCUT2D eigenvalue weighted by Crippen LogP contribution is 2.18. The van der Waals surface area contributed by atoms with E-state index in [9.17, 15) is 9.59 Å². The Labute approximate surface area is 268 Å². The molecule has 0 spiro atoms. The first kappa shape index (κ1) is 41.7. The van der Waals surface area contributed by atoms with Crippen molar-refractivity contribution in [3.8, 4) is 0 Å². The van der Waals surface area contributed by atoms with Gasteiger partial charge in [-0.05, 0) is 64.2 Å². The molecule has 0 aromatic rings. The van der Waals surface area contributed by atoms with Gasteiger partial charge in [0, 0.05) is 12.8 Å². The lowest BCUT2D eigenvalue weighted by Crippen LogP contribution is -2.18. The van der Waals surface area contributed by atoms with Crippen molar-refractivity contribution in [2.75, 3.05) is 0 Å². The second-order valence-electron chi connectivity index (χ2n) is 13.1. The first-order chi connectivity index (χ1) is 21.1. The number of hydrogen-bond donors (Lipinski definition) is 1. The smallest absolute Gasteiger partial charge is 0.306 e. The lowest BCUT2D eigenvalue weighted by atomic mass is 10.0. The standard InChI is InChI=1S/C39H74O4/c1-3-5-7-9-10-11-12-13-14-15-16-17-18-19-20-21-22-23-24-26-32-36-39(42)43-37(33-29-25-8-6-4-2)34-30-27-28-31-35-38(40)41/h15-16,37H,3-14,17-36H2,1-2H3,(H,40,41)/b16-15-. The summed E-state index contributed by atoms with van der Waals surface area (Å²) in [4.78, 5) is 23.2. The molecule has 43 heavy (non-hydrogen) atoms. The topological polar surface area (TPSA) is 63.6 Å². The molecule has 1 unspecified atom stereocenters. The van der Waals surface area contributed by atoms with Crippen LogP contribution < -0.4 is 0 Å². The number of aliphatic carboxylic acids is 1. The van der Waals surface area contributed by atoms with Crippen LogP contribution in [0.2, 0.25) is 0 Å². The van der Waals surface area contributed by atoms with Crippen molar-refractivity contribution in [3.05, 3.63) is 12.2 Å². The molecule has 0 heterocycles. The number of unbranched alkanes of at least 4 members (excludes halogenated alkanes) is 24. The van der Waals surface area contributed by atoms with Gasteiger partial charge in [0.25, 0.3) is 0 Å². The van der Waals surface area contributed by atoms with E-state index in [0.29, 0.717) is 6.42 Å². The summed E-state index contributed by atoms with van der Waals surface area (Å²) in [5, 5.41) is 8.79. The Morgan fingerprint density at radius 3 is 1.26 bits per heavy atom. The zero-order chi connectivity index (χ0) is 31.5. The summed E-state index contributed by atoms with van der Waals surface area (Å²) in [7, 11) is 0. The predicted octanol–water partition coefficient (Wildman–Crippen LogP) is 13.1. The molecule has 0 aliphatic carbocycles. The van der Waals surface area contributed by atoms with Gasteiger partial charge >= 0.3 is 11.9 Å². The molecule has 0 aliphatic rings. The van der Waals surface area contributed by atoms with Gasteiger partial charge in [-0.1, -0.05) is 154 Å². The number of carbonyl (C=O) groups excluding carboxylic acids is 1. The van der Waals surface area contributed by atoms with Crippen LogP contribution >= 0.6 is 0 Å². The average Bonchev–Trinajstić information content (AvgIpc) is 2.99. The van der Waals surface area contributed by atoms with E-state index in [2.05, 4.69) is 26.0 Å². The molecule has 0 aliphatic heterocycles. The SMILES string of the molecule is CCCCCCCCCC/C=C\CCCCCCCCCCCC(=O)OC(CCCCCCC)CCCCCCC(=O)O. The third-order valence-electron chi connectivity index (χ3n) is 8.74. The molecule has 0 fully saturated rings. The number of hydrogen-bond acceptors (Lipinski definition) is 3. The molecule has 0 aromatic heterocycles. The van der Waals surface area contributed by atoms with E-state index in [0.717, 1.165) is 57.8 Å². The number of rotatable bonds is 35. The van der Waals surface area contributed by atoms with E-state index in [4.69, 9.17) is 9.84 Å². The van der Waals surface area contributed by atoms with Gasteiger partial charge in [0.2, 0.25) is 0 Å². The average molecular weight is 607 g/mol. The Bertz CT molecular complexity index is 614. The largest absolute Gasteiger partial charge is 0.481 e. The van der Waals surface area contributed by atoms with Crippen molar-refractivity contribution in [3.63, 3.8) is 0 Å². The number of allylic oxidation sites excluding steroid dienone is 2. The maximum Gasteiger partial charge on any atom is 0.306 e. The number of ether oxygens (including phenoxy) is 1. The molecule has 1 N–H and O–H groups in total. The van der Waals surface area contributed by atoms with Gasteiger partial charge in [-0.15, -0.1) is 0 Å². The molecule has 4 heteroatoms. The molecular formula is C39H74O4. The third-order valence-corrected chi connectivity index (χ3v) is 8.74. The van der Waals surface area contributed by atoms with Crippen LogP contribution in [-0.2, 0) is 14.3 Å². The van der Waals surface area contributed by atoms with Gasteiger partial charge in [0.15, 0.2) is 0 Å². The highest BCUT2D eigenvalue weighted by Gasteiger charge is 2.14. The monoisotopic (exact) mass is 607 g/mol. The summed E-state index contributed by atoms with van der Waals surface area (Å²) in [6, 6.07) is 0. The normalized spacial score (nSPS) is 12.2. The van der Waals surface area contributed by atoms with Crippen molar-refractivity contribution in [1.29, 1.82) is 0 Å². The van der Waals surface area contributed by atoms with Crippen LogP contribution in [0.15, 0.2) is 12.2 Å². The van der Waals surface area contributed by atoms with Crippen molar-refractivity contribution < 1.29 is 19.4 Å². The number of carboxylic acid groups (broad SMARTS) is 1. The fourth-order valence-corrected chi connectivity index (χ4v) is 5.89. The molecule has 0 saturated heterocycles. The van der Waals surface area contributed by atoms with Crippen molar-refractivity contribution in [1.82, 2.24) is 0 Å². The minimum absolute atomic E-state index is 0.0173. The highest BCUT2D eigenvalue weighted by molar-refractivity contribution is 5.69. The zero-order valence-corrected chi connectivity index (χ0v) is 29.0. The molecule has 0 aromatic carbocycles. The van der Waals surface area contributed by atoms with E-state index >= 15 is 0 Å². The summed E-state index contributed by atoms with van der Waals surface area (Å²) in [5.41, 5.74) is 0. The molecule has 254 valence electrons. The first-order valence-corrected chi connectivity index (χ1v) is 19.2. The van der Waals surface area contributed by atoms with Crippen LogP contribution in [0, 0.1) is 0 Å². The maximum atomic E-state index is 12.5. The molecule has 0 saturated carbocycles. The summed E-state index contributed by atoms with van der Waals surface area (Å²) in [5.74, 6) is -0.728. The lowest BCUT2D eigenvalue weighted by Gasteiger charge is -2.18. The second-order valence-corrected chi connectivity index (χ2v) is 13.1. The Hall–Kier alpha value is -1.32. The Morgan fingerprint density at radius 1 is 0.488 bits per heavy atom. The van der Waals surface area contributed by atoms with Crippen LogP contribution in [-0.4, -0.2) is 23.1 Å². The van der Waals surface area contributed by atoms with Crippen LogP contribution in [0.25, 0.3) is 0 Å². The van der Waals surface area contributed by atoms with Crippen molar-refractivity contribution in [2.45, 2.75) is 225 Å². The second kappa shape index (κ2) is 35.2. The molecule has 0 bridgehead atoms. The first-order valence-electron chi connectivity index (χ1n) is 19.2. The Kier molecular flexibility index (Phi) is 34.1. The third kappa shape index (κ3) is 35.0. The molecule has 4 nitrogen and oxygen atoms in total. The molecule has 0 rings (SSSR count). The Balaban J connectivity index is 3.69. The van der Waals surface area contributed by atoms with Gasteiger partial charge in [-0.2, -0.15) is 0 Å². The van der Waals surface area contributed by atoms with Crippen molar-refractivity contribution in [2.24, 2.45) is 0 Å². The van der Waals surface area contributed by atoms with Gasteiger partial charge in [0.05, 0.1) is 0 Å². The molecule has 0 radical (unpaired) electrons. The van der Waals surface area contributed by atoms with Crippen LogP contribution in [0.5, 0.6) is 0 Å². The zero-order valence-electron chi connectivity index (χ0n) is 29.0. The summed E-state index contributed by atoms with van der Waals surface area (Å²) in [6.45, 7) is 4.51. The van der Waals surface area contributed by atoms with Gasteiger partial charge in [-0.3, -0.25) is 9.59 Å². The molecule has 1 atom stereocenters. The summed E-state index contributed by atoms with van der Waals surface area (Å²) < 4.78 is 5.91. The van der Waals surface area contributed by atoms with E-state index < -0.39 is 5.97 Å². The maximum absolute atomic E-state index is 12.5. The van der Waals surface area contributed by atoms with E-state index in [1.807, 2.05) is 0 Å². The summed E-state index contributed by atoms with van der Waals surface area (Å²) >= 11 is 0. The van der Waals surface area contributed by atoms with Crippen LogP contribution in [0.4, 0.5) is 0 Å². The number of carboxylic acids is 1.